The molecule has 0 spiro atoms. The molecular formula is C26H30N2O4S. The number of hydrogen-bond donors (Lipinski definition) is 1. The van der Waals surface area contributed by atoms with Gasteiger partial charge in [-0.05, 0) is 55.7 Å². The van der Waals surface area contributed by atoms with Crippen molar-refractivity contribution in [2.75, 3.05) is 18.0 Å². The van der Waals surface area contributed by atoms with E-state index in [1.807, 2.05) is 51.1 Å². The zero-order chi connectivity index (χ0) is 24.0. The molecule has 0 heterocycles. The molecule has 3 aromatic carbocycles. The average molecular weight is 467 g/mol. The number of aryl methyl sites for hydroxylation is 2. The maximum Gasteiger partial charge on any atom is 0.264 e. The zero-order valence-corrected chi connectivity index (χ0v) is 20.2. The summed E-state index contributed by atoms with van der Waals surface area (Å²) in [6.07, 6.45) is 0.675. The minimum atomic E-state index is -4.02. The van der Waals surface area contributed by atoms with Gasteiger partial charge in [0.05, 0.1) is 23.7 Å². The highest BCUT2D eigenvalue weighted by Crippen LogP contribution is 2.33. The number of methoxy groups -OCH3 is 1. The van der Waals surface area contributed by atoms with Gasteiger partial charge in [-0.1, -0.05) is 61.0 Å². The van der Waals surface area contributed by atoms with E-state index in [4.69, 9.17) is 4.74 Å². The molecule has 7 heteroatoms. The molecular weight excluding hydrogens is 436 g/mol. The minimum absolute atomic E-state index is 0.104. The van der Waals surface area contributed by atoms with Gasteiger partial charge in [-0.2, -0.15) is 0 Å². The van der Waals surface area contributed by atoms with Crippen LogP contribution in [0, 0.1) is 13.8 Å². The van der Waals surface area contributed by atoms with Crippen molar-refractivity contribution >= 4 is 21.6 Å². The Hall–Kier alpha value is -3.32. The SMILES string of the molecule is CCC(NC(=O)CN(c1cc(C)ccc1OC)S(=O)(=O)c1ccccc1)c1ccc(C)cc1. The van der Waals surface area contributed by atoms with Gasteiger partial charge in [0.25, 0.3) is 10.0 Å². The number of ether oxygens (including phenoxy) is 1. The summed E-state index contributed by atoms with van der Waals surface area (Å²) in [6.45, 7) is 5.47. The summed E-state index contributed by atoms with van der Waals surface area (Å²) in [5, 5.41) is 2.99. The number of rotatable bonds is 9. The molecule has 1 atom stereocenters. The highest BCUT2D eigenvalue weighted by Gasteiger charge is 2.30. The van der Waals surface area contributed by atoms with E-state index in [1.165, 1.54) is 19.2 Å². The Morgan fingerprint density at radius 1 is 0.970 bits per heavy atom. The largest absolute Gasteiger partial charge is 0.495 e. The second-order valence-electron chi connectivity index (χ2n) is 7.94. The fourth-order valence-electron chi connectivity index (χ4n) is 3.60. The monoisotopic (exact) mass is 466 g/mol. The maximum atomic E-state index is 13.6. The number of anilines is 1. The molecule has 0 radical (unpaired) electrons. The molecule has 174 valence electrons. The Morgan fingerprint density at radius 3 is 2.21 bits per heavy atom. The second-order valence-corrected chi connectivity index (χ2v) is 9.80. The van der Waals surface area contributed by atoms with Crippen LogP contribution in [0.2, 0.25) is 0 Å². The molecule has 3 rings (SSSR count). The van der Waals surface area contributed by atoms with E-state index in [0.29, 0.717) is 17.9 Å². The Labute approximate surface area is 196 Å². The summed E-state index contributed by atoms with van der Waals surface area (Å²) >= 11 is 0. The molecule has 0 aromatic heterocycles. The Balaban J connectivity index is 1.97. The van der Waals surface area contributed by atoms with Gasteiger partial charge in [-0.3, -0.25) is 9.10 Å². The first-order valence-electron chi connectivity index (χ1n) is 10.8. The van der Waals surface area contributed by atoms with Crippen molar-refractivity contribution in [1.82, 2.24) is 5.32 Å². The average Bonchev–Trinajstić information content (AvgIpc) is 2.82. The van der Waals surface area contributed by atoms with Crippen LogP contribution in [-0.4, -0.2) is 28.0 Å². The van der Waals surface area contributed by atoms with Crippen LogP contribution in [0.25, 0.3) is 0 Å². The molecule has 0 saturated carbocycles. The minimum Gasteiger partial charge on any atom is -0.495 e. The van der Waals surface area contributed by atoms with Crippen molar-refractivity contribution in [3.05, 3.63) is 89.5 Å². The number of nitrogens with zero attached hydrogens (tertiary/aromatic N) is 1. The van der Waals surface area contributed by atoms with E-state index in [2.05, 4.69) is 5.32 Å². The van der Waals surface area contributed by atoms with Crippen molar-refractivity contribution in [1.29, 1.82) is 0 Å². The lowest BCUT2D eigenvalue weighted by atomic mass is 10.0. The molecule has 0 aliphatic carbocycles. The predicted molar refractivity (Wildman–Crippen MR) is 131 cm³/mol. The third-order valence-corrected chi connectivity index (χ3v) is 7.22. The van der Waals surface area contributed by atoms with E-state index in [1.54, 1.807) is 30.3 Å². The summed E-state index contributed by atoms with van der Waals surface area (Å²) < 4.78 is 33.8. The number of hydrogen-bond acceptors (Lipinski definition) is 4. The van der Waals surface area contributed by atoms with Crippen LogP contribution >= 0.6 is 0 Å². The first kappa shape index (κ1) is 24.3. The standard InChI is InChI=1S/C26H30N2O4S/c1-5-23(21-14-11-19(2)12-15-21)27-26(29)18-28(24-17-20(3)13-16-25(24)32-4)33(30,31)22-9-7-6-8-10-22/h6-17,23H,5,18H2,1-4H3,(H,27,29). The maximum absolute atomic E-state index is 13.6. The highest BCUT2D eigenvalue weighted by molar-refractivity contribution is 7.92. The Morgan fingerprint density at radius 2 is 1.61 bits per heavy atom. The van der Waals surface area contributed by atoms with Gasteiger partial charge in [0, 0.05) is 0 Å². The Kier molecular flexibility index (Phi) is 7.76. The summed E-state index contributed by atoms with van der Waals surface area (Å²) in [4.78, 5) is 13.2. The first-order valence-corrected chi connectivity index (χ1v) is 12.3. The molecule has 0 aliphatic heterocycles. The number of benzene rings is 3. The van der Waals surface area contributed by atoms with Crippen molar-refractivity contribution in [3.63, 3.8) is 0 Å². The van der Waals surface area contributed by atoms with Gasteiger partial charge >= 0.3 is 0 Å². The zero-order valence-electron chi connectivity index (χ0n) is 19.4. The third-order valence-electron chi connectivity index (χ3n) is 5.44. The number of carbonyl (C=O) groups excluding carboxylic acids is 1. The van der Waals surface area contributed by atoms with Crippen molar-refractivity contribution < 1.29 is 17.9 Å². The number of sulfonamides is 1. The van der Waals surface area contributed by atoms with Crippen molar-refractivity contribution in [3.8, 4) is 5.75 Å². The predicted octanol–water partition coefficient (Wildman–Crippen LogP) is 4.77. The van der Waals surface area contributed by atoms with Crippen LogP contribution in [0.5, 0.6) is 5.75 Å². The molecule has 0 aliphatic rings. The fourth-order valence-corrected chi connectivity index (χ4v) is 5.05. The lowest BCUT2D eigenvalue weighted by Crippen LogP contribution is -2.42. The number of carbonyl (C=O) groups is 1. The van der Waals surface area contributed by atoms with E-state index in [0.717, 1.165) is 21.0 Å². The lowest BCUT2D eigenvalue weighted by Gasteiger charge is -2.27. The molecule has 0 fully saturated rings. The molecule has 1 unspecified atom stereocenters. The van der Waals surface area contributed by atoms with Crippen LogP contribution in [0.15, 0.2) is 77.7 Å². The normalized spacial score (nSPS) is 12.1. The second kappa shape index (κ2) is 10.5. The molecule has 0 saturated heterocycles. The summed E-state index contributed by atoms with van der Waals surface area (Å²) in [6, 6.07) is 21.1. The van der Waals surface area contributed by atoms with Crippen LogP contribution in [0.4, 0.5) is 5.69 Å². The topological polar surface area (TPSA) is 75.7 Å². The van der Waals surface area contributed by atoms with Crippen LogP contribution in [-0.2, 0) is 14.8 Å². The van der Waals surface area contributed by atoms with E-state index in [9.17, 15) is 13.2 Å². The van der Waals surface area contributed by atoms with Gasteiger partial charge in [0.2, 0.25) is 5.91 Å². The van der Waals surface area contributed by atoms with Crippen molar-refractivity contribution in [2.24, 2.45) is 0 Å². The van der Waals surface area contributed by atoms with Crippen LogP contribution in [0.1, 0.15) is 36.1 Å². The first-order chi connectivity index (χ1) is 15.8. The molecule has 33 heavy (non-hydrogen) atoms. The Bertz CT molecular complexity index is 1190. The summed E-state index contributed by atoms with van der Waals surface area (Å²) in [5.41, 5.74) is 3.28. The quantitative estimate of drug-likeness (QED) is 0.493. The van der Waals surface area contributed by atoms with Gasteiger partial charge in [0.1, 0.15) is 12.3 Å². The van der Waals surface area contributed by atoms with Gasteiger partial charge in [-0.15, -0.1) is 0 Å². The highest BCUT2D eigenvalue weighted by atomic mass is 32.2. The summed E-state index contributed by atoms with van der Waals surface area (Å²) in [5.74, 6) is -0.0241. The summed E-state index contributed by atoms with van der Waals surface area (Å²) in [7, 11) is -2.54. The van der Waals surface area contributed by atoms with Gasteiger partial charge in [-0.25, -0.2) is 8.42 Å². The van der Waals surface area contributed by atoms with Crippen LogP contribution in [0.3, 0.4) is 0 Å². The van der Waals surface area contributed by atoms with Gasteiger partial charge < -0.3 is 10.1 Å². The number of amides is 1. The van der Waals surface area contributed by atoms with Gasteiger partial charge in [0.15, 0.2) is 0 Å². The fraction of sp³-hybridized carbons (Fsp3) is 0.269. The van der Waals surface area contributed by atoms with E-state index < -0.39 is 15.9 Å². The van der Waals surface area contributed by atoms with E-state index in [-0.39, 0.29) is 17.5 Å². The lowest BCUT2D eigenvalue weighted by molar-refractivity contribution is -0.120. The molecule has 1 amide bonds. The van der Waals surface area contributed by atoms with Crippen LogP contribution < -0.4 is 14.4 Å². The van der Waals surface area contributed by atoms with E-state index >= 15 is 0 Å². The molecule has 3 aromatic rings. The number of nitrogens with one attached hydrogen (secondary N) is 1. The molecule has 1 N–H and O–H groups in total. The molecule has 0 bridgehead atoms. The van der Waals surface area contributed by atoms with Crippen molar-refractivity contribution in [2.45, 2.75) is 38.1 Å². The molecule has 6 nitrogen and oxygen atoms in total. The third kappa shape index (κ3) is 5.73. The smallest absolute Gasteiger partial charge is 0.264 e.